The van der Waals surface area contributed by atoms with Crippen LogP contribution in [0.3, 0.4) is 0 Å². The van der Waals surface area contributed by atoms with Gasteiger partial charge in [-0.3, -0.25) is 0 Å². The largest absolute Gasteiger partial charge is 0.411 e. The zero-order valence-corrected chi connectivity index (χ0v) is 11.6. The summed E-state index contributed by atoms with van der Waals surface area (Å²) in [6.07, 6.45) is 11.5. The Morgan fingerprint density at radius 1 is 1.40 bits per heavy atom. The standard InChI is InChI=1S/C13H24OSi/c1-6-10-13(2,14-15(3,4)5)11-9-12-7-8-12/h1,12H,7-11H2,2-5H3. The topological polar surface area (TPSA) is 9.23 Å². The zero-order valence-electron chi connectivity index (χ0n) is 10.6. The average molecular weight is 224 g/mol. The monoisotopic (exact) mass is 224 g/mol. The number of terminal acetylenes is 1. The van der Waals surface area contributed by atoms with E-state index in [9.17, 15) is 0 Å². The Balaban J connectivity index is 2.47. The van der Waals surface area contributed by atoms with Crippen molar-refractivity contribution in [2.45, 2.75) is 64.3 Å². The minimum Gasteiger partial charge on any atom is -0.411 e. The fourth-order valence-electron chi connectivity index (χ4n) is 2.05. The molecule has 0 heterocycles. The third kappa shape index (κ3) is 5.39. The molecule has 1 rings (SSSR count). The normalized spacial score (nSPS) is 20.7. The van der Waals surface area contributed by atoms with Crippen LogP contribution in [0.25, 0.3) is 0 Å². The van der Waals surface area contributed by atoms with Crippen LogP contribution in [0.2, 0.25) is 19.6 Å². The Kier molecular flexibility index (Phi) is 4.03. The second-order valence-electron chi connectivity index (χ2n) is 6.03. The van der Waals surface area contributed by atoms with Crippen molar-refractivity contribution in [3.05, 3.63) is 0 Å². The minimum atomic E-state index is -1.48. The Labute approximate surface area is 95.7 Å². The number of hydrogen-bond donors (Lipinski definition) is 0. The van der Waals surface area contributed by atoms with E-state index in [1.54, 1.807) is 0 Å². The number of hydrogen-bond acceptors (Lipinski definition) is 1. The molecule has 1 unspecified atom stereocenters. The zero-order chi connectivity index (χ0) is 11.5. The Morgan fingerprint density at radius 2 is 2.00 bits per heavy atom. The molecule has 0 aliphatic heterocycles. The van der Waals surface area contributed by atoms with E-state index in [-0.39, 0.29) is 5.60 Å². The van der Waals surface area contributed by atoms with Crippen LogP contribution in [0, 0.1) is 18.3 Å². The van der Waals surface area contributed by atoms with Crippen molar-refractivity contribution in [2.75, 3.05) is 0 Å². The summed E-state index contributed by atoms with van der Waals surface area (Å²) in [5, 5.41) is 0. The molecule has 1 saturated carbocycles. The second-order valence-corrected chi connectivity index (χ2v) is 10.5. The van der Waals surface area contributed by atoms with E-state index in [1.165, 1.54) is 19.3 Å². The predicted octanol–water partition coefficient (Wildman–Crippen LogP) is 3.81. The molecule has 0 amide bonds. The van der Waals surface area contributed by atoms with Crippen molar-refractivity contribution in [3.8, 4) is 12.3 Å². The van der Waals surface area contributed by atoms with E-state index in [2.05, 4.69) is 32.5 Å². The molecule has 1 atom stereocenters. The molecule has 0 N–H and O–H groups in total. The van der Waals surface area contributed by atoms with Gasteiger partial charge in [0.2, 0.25) is 0 Å². The van der Waals surface area contributed by atoms with E-state index in [4.69, 9.17) is 10.8 Å². The van der Waals surface area contributed by atoms with Crippen LogP contribution >= 0.6 is 0 Å². The van der Waals surface area contributed by atoms with Gasteiger partial charge in [0.05, 0.1) is 5.60 Å². The minimum absolute atomic E-state index is 0.0676. The third-order valence-corrected chi connectivity index (χ3v) is 3.91. The van der Waals surface area contributed by atoms with E-state index in [0.29, 0.717) is 0 Å². The third-order valence-electron chi connectivity index (χ3n) is 2.81. The first-order valence-corrected chi connectivity index (χ1v) is 9.39. The molecule has 1 aliphatic rings. The SMILES string of the molecule is C#CCC(C)(CCC1CC1)O[Si](C)(C)C. The molecule has 1 aliphatic carbocycles. The molecule has 0 aromatic rings. The molecule has 86 valence electrons. The highest BCUT2D eigenvalue weighted by molar-refractivity contribution is 6.69. The van der Waals surface area contributed by atoms with E-state index in [0.717, 1.165) is 18.8 Å². The summed E-state index contributed by atoms with van der Waals surface area (Å²) < 4.78 is 6.24. The molecule has 0 saturated heterocycles. The lowest BCUT2D eigenvalue weighted by Gasteiger charge is -2.35. The van der Waals surface area contributed by atoms with Crippen molar-refractivity contribution in [2.24, 2.45) is 5.92 Å². The van der Waals surface area contributed by atoms with Gasteiger partial charge in [-0.25, -0.2) is 0 Å². The van der Waals surface area contributed by atoms with Gasteiger partial charge in [-0.1, -0.05) is 12.8 Å². The van der Waals surface area contributed by atoms with Crippen molar-refractivity contribution in [1.29, 1.82) is 0 Å². The summed E-state index contributed by atoms with van der Waals surface area (Å²) in [5.41, 5.74) is -0.0676. The molecular formula is C13H24OSi. The van der Waals surface area contributed by atoms with Crippen molar-refractivity contribution >= 4 is 8.32 Å². The molecule has 0 aromatic carbocycles. The summed E-state index contributed by atoms with van der Waals surface area (Å²) >= 11 is 0. The number of rotatable bonds is 6. The van der Waals surface area contributed by atoms with Gasteiger partial charge in [0.25, 0.3) is 0 Å². The van der Waals surface area contributed by atoms with E-state index < -0.39 is 8.32 Å². The lowest BCUT2D eigenvalue weighted by atomic mass is 9.95. The molecule has 2 heteroatoms. The first kappa shape index (κ1) is 12.8. The molecule has 0 radical (unpaired) electrons. The van der Waals surface area contributed by atoms with Gasteiger partial charge in [0.1, 0.15) is 0 Å². The fraction of sp³-hybridized carbons (Fsp3) is 0.846. The molecular weight excluding hydrogens is 200 g/mol. The molecule has 1 fully saturated rings. The first-order valence-electron chi connectivity index (χ1n) is 5.98. The lowest BCUT2D eigenvalue weighted by Crippen LogP contribution is -2.40. The van der Waals surface area contributed by atoms with Crippen LogP contribution < -0.4 is 0 Å². The first-order chi connectivity index (χ1) is 6.85. The summed E-state index contributed by atoms with van der Waals surface area (Å²) in [7, 11) is -1.48. The predicted molar refractivity (Wildman–Crippen MR) is 68.2 cm³/mol. The summed E-state index contributed by atoms with van der Waals surface area (Å²) in [5.74, 6) is 3.74. The van der Waals surface area contributed by atoms with Gasteiger partial charge in [0, 0.05) is 6.42 Å². The molecule has 0 bridgehead atoms. The highest BCUT2D eigenvalue weighted by atomic mass is 28.4. The Morgan fingerprint density at radius 3 is 2.40 bits per heavy atom. The maximum absolute atomic E-state index is 6.24. The Hall–Kier alpha value is -0.263. The maximum Gasteiger partial charge on any atom is 0.184 e. The molecule has 0 aromatic heterocycles. The van der Waals surface area contributed by atoms with Crippen molar-refractivity contribution in [1.82, 2.24) is 0 Å². The van der Waals surface area contributed by atoms with Crippen LogP contribution in [0.4, 0.5) is 0 Å². The molecule has 1 nitrogen and oxygen atoms in total. The molecule has 15 heavy (non-hydrogen) atoms. The van der Waals surface area contributed by atoms with Gasteiger partial charge < -0.3 is 4.43 Å². The molecule has 0 spiro atoms. The van der Waals surface area contributed by atoms with Crippen molar-refractivity contribution in [3.63, 3.8) is 0 Å². The van der Waals surface area contributed by atoms with E-state index >= 15 is 0 Å². The van der Waals surface area contributed by atoms with Crippen LogP contribution in [-0.4, -0.2) is 13.9 Å². The van der Waals surface area contributed by atoms with Gasteiger partial charge in [-0.15, -0.1) is 12.3 Å². The summed E-state index contributed by atoms with van der Waals surface area (Å²) in [6.45, 7) is 8.89. The van der Waals surface area contributed by atoms with Crippen LogP contribution in [0.5, 0.6) is 0 Å². The van der Waals surface area contributed by atoms with Crippen LogP contribution in [0.15, 0.2) is 0 Å². The second kappa shape index (κ2) is 4.72. The van der Waals surface area contributed by atoms with Gasteiger partial charge in [0.15, 0.2) is 8.32 Å². The van der Waals surface area contributed by atoms with Crippen LogP contribution in [-0.2, 0) is 4.43 Å². The summed E-state index contributed by atoms with van der Waals surface area (Å²) in [6, 6.07) is 0. The highest BCUT2D eigenvalue weighted by Gasteiger charge is 2.33. The lowest BCUT2D eigenvalue weighted by molar-refractivity contribution is 0.0724. The van der Waals surface area contributed by atoms with Gasteiger partial charge in [-0.05, 0) is 45.3 Å². The fourth-order valence-corrected chi connectivity index (χ4v) is 3.70. The quantitative estimate of drug-likeness (QED) is 0.492. The van der Waals surface area contributed by atoms with Gasteiger partial charge >= 0.3 is 0 Å². The van der Waals surface area contributed by atoms with E-state index in [1.807, 2.05) is 0 Å². The maximum atomic E-state index is 6.24. The van der Waals surface area contributed by atoms with Crippen molar-refractivity contribution < 1.29 is 4.43 Å². The highest BCUT2D eigenvalue weighted by Crippen LogP contribution is 2.37. The van der Waals surface area contributed by atoms with Crippen LogP contribution in [0.1, 0.15) is 39.0 Å². The average Bonchev–Trinajstić information content (AvgIpc) is 2.80. The van der Waals surface area contributed by atoms with Gasteiger partial charge in [-0.2, -0.15) is 0 Å². The summed E-state index contributed by atoms with van der Waals surface area (Å²) in [4.78, 5) is 0. The Bertz CT molecular complexity index is 244. The smallest absolute Gasteiger partial charge is 0.184 e.